The van der Waals surface area contributed by atoms with E-state index in [0.717, 1.165) is 0 Å². The molecule has 0 aliphatic heterocycles. The van der Waals surface area contributed by atoms with E-state index in [-0.39, 0.29) is 32.7 Å². The molecule has 0 fully saturated rings. The van der Waals surface area contributed by atoms with Crippen LogP contribution in [0.4, 0.5) is 0 Å². The van der Waals surface area contributed by atoms with Crippen molar-refractivity contribution >= 4 is 46.7 Å². The number of amides is 1. The van der Waals surface area contributed by atoms with Gasteiger partial charge < -0.3 is 10.1 Å². The summed E-state index contributed by atoms with van der Waals surface area (Å²) in [4.78, 5) is 27.2. The zero-order chi connectivity index (χ0) is 16.2. The molecule has 21 heavy (non-hydrogen) atoms. The van der Waals surface area contributed by atoms with E-state index < -0.39 is 18.5 Å². The van der Waals surface area contributed by atoms with Gasteiger partial charge in [-0.25, -0.2) is 9.78 Å². The molecule has 0 bridgehead atoms. The van der Waals surface area contributed by atoms with Crippen molar-refractivity contribution < 1.29 is 14.3 Å². The molecule has 116 valence electrons. The number of esters is 1. The van der Waals surface area contributed by atoms with Crippen LogP contribution in [0.15, 0.2) is 6.20 Å². The fourth-order valence-electron chi connectivity index (χ4n) is 1.25. The third-order valence-electron chi connectivity index (χ3n) is 2.83. The van der Waals surface area contributed by atoms with Gasteiger partial charge in [-0.05, 0) is 12.8 Å². The number of carbonyl (C=O) groups excluding carboxylic acids is 2. The highest BCUT2D eigenvalue weighted by molar-refractivity contribution is 6.48. The molecule has 0 aliphatic rings. The van der Waals surface area contributed by atoms with Gasteiger partial charge in [0.15, 0.2) is 12.3 Å². The van der Waals surface area contributed by atoms with Gasteiger partial charge in [-0.2, -0.15) is 0 Å². The van der Waals surface area contributed by atoms with E-state index in [1.54, 1.807) is 0 Å². The molecular formula is C13H15Cl3N2O3. The lowest BCUT2D eigenvalue weighted by Gasteiger charge is -2.17. The Morgan fingerprint density at radius 2 is 1.86 bits per heavy atom. The van der Waals surface area contributed by atoms with Gasteiger partial charge in [0.25, 0.3) is 5.91 Å². The lowest BCUT2D eigenvalue weighted by molar-refractivity contribution is -0.125. The quantitative estimate of drug-likeness (QED) is 0.824. The van der Waals surface area contributed by atoms with Crippen LogP contribution in [0.2, 0.25) is 15.1 Å². The molecule has 1 aromatic rings. The van der Waals surface area contributed by atoms with Gasteiger partial charge in [0, 0.05) is 12.2 Å². The fraction of sp³-hybridized carbons (Fsp3) is 0.462. The average molecular weight is 354 g/mol. The van der Waals surface area contributed by atoms with Gasteiger partial charge in [0.1, 0.15) is 0 Å². The Hall–Kier alpha value is -1.04. The first-order valence-corrected chi connectivity index (χ1v) is 7.33. The summed E-state index contributed by atoms with van der Waals surface area (Å²) in [6.45, 7) is 5.38. The maximum Gasteiger partial charge on any atom is 0.359 e. The van der Waals surface area contributed by atoms with Crippen molar-refractivity contribution in [2.24, 2.45) is 5.92 Å². The predicted molar refractivity (Wildman–Crippen MR) is 82.0 cm³/mol. The lowest BCUT2D eigenvalue weighted by atomic mass is 10.1. The summed E-state index contributed by atoms with van der Waals surface area (Å²) < 4.78 is 4.85. The lowest BCUT2D eigenvalue weighted by Crippen LogP contribution is -2.38. The monoisotopic (exact) mass is 352 g/mol. The second kappa shape index (κ2) is 7.82. The number of aromatic nitrogens is 1. The highest BCUT2D eigenvalue weighted by Crippen LogP contribution is 2.31. The van der Waals surface area contributed by atoms with Crippen LogP contribution in [0, 0.1) is 5.92 Å². The molecular weight excluding hydrogens is 339 g/mol. The van der Waals surface area contributed by atoms with Crippen LogP contribution in [-0.4, -0.2) is 29.5 Å². The van der Waals surface area contributed by atoms with Crippen molar-refractivity contribution in [1.82, 2.24) is 10.3 Å². The van der Waals surface area contributed by atoms with Gasteiger partial charge in [-0.1, -0.05) is 48.7 Å². The number of rotatable bonds is 5. The topological polar surface area (TPSA) is 68.3 Å². The molecule has 1 aromatic heterocycles. The Labute approximate surface area is 137 Å². The molecule has 1 atom stereocenters. The minimum absolute atomic E-state index is 0.0122. The molecule has 8 heteroatoms. The molecule has 0 aliphatic carbocycles. The third kappa shape index (κ3) is 5.02. The number of carbonyl (C=O) groups is 2. The summed E-state index contributed by atoms with van der Waals surface area (Å²) in [7, 11) is 0. The molecule has 0 unspecified atom stereocenters. The van der Waals surface area contributed by atoms with Crippen molar-refractivity contribution in [1.29, 1.82) is 0 Å². The minimum Gasteiger partial charge on any atom is -0.451 e. The van der Waals surface area contributed by atoms with Crippen LogP contribution in [-0.2, 0) is 9.53 Å². The summed E-state index contributed by atoms with van der Waals surface area (Å²) >= 11 is 17.4. The average Bonchev–Trinajstić information content (AvgIpc) is 2.42. The van der Waals surface area contributed by atoms with Crippen molar-refractivity contribution in [3.63, 3.8) is 0 Å². The largest absolute Gasteiger partial charge is 0.451 e. The van der Waals surface area contributed by atoms with E-state index in [1.165, 1.54) is 6.20 Å². The number of nitrogens with one attached hydrogen (secondary N) is 1. The first-order valence-electron chi connectivity index (χ1n) is 6.20. The minimum atomic E-state index is -0.842. The molecule has 0 aromatic carbocycles. The SMILES string of the molecule is CC(C)[C@H](C)NC(=O)COC(=O)c1ncc(Cl)c(Cl)c1Cl. The number of nitrogens with zero attached hydrogens (tertiary/aromatic N) is 1. The maximum atomic E-state index is 11.8. The predicted octanol–water partition coefficient (Wildman–Crippen LogP) is 3.36. The van der Waals surface area contributed by atoms with Crippen molar-refractivity contribution in [2.45, 2.75) is 26.8 Å². The van der Waals surface area contributed by atoms with E-state index in [0.29, 0.717) is 0 Å². The summed E-state index contributed by atoms with van der Waals surface area (Å²) in [5, 5.41) is 2.74. The van der Waals surface area contributed by atoms with Gasteiger partial charge in [-0.15, -0.1) is 0 Å². The van der Waals surface area contributed by atoms with Crippen molar-refractivity contribution in [2.75, 3.05) is 6.61 Å². The number of hydrogen-bond acceptors (Lipinski definition) is 4. The molecule has 1 heterocycles. The first kappa shape index (κ1) is 18.0. The zero-order valence-electron chi connectivity index (χ0n) is 11.7. The van der Waals surface area contributed by atoms with E-state index in [9.17, 15) is 9.59 Å². The van der Waals surface area contributed by atoms with Gasteiger partial charge in [0.2, 0.25) is 0 Å². The van der Waals surface area contributed by atoms with Gasteiger partial charge in [-0.3, -0.25) is 4.79 Å². The second-order valence-electron chi connectivity index (χ2n) is 4.76. The number of halogens is 3. The smallest absolute Gasteiger partial charge is 0.359 e. The zero-order valence-corrected chi connectivity index (χ0v) is 14.0. The van der Waals surface area contributed by atoms with E-state index in [2.05, 4.69) is 10.3 Å². The van der Waals surface area contributed by atoms with Crippen LogP contribution in [0.5, 0.6) is 0 Å². The third-order valence-corrected chi connectivity index (χ3v) is 4.07. The molecule has 1 rings (SSSR count). The molecule has 1 N–H and O–H groups in total. The summed E-state index contributed by atoms with van der Waals surface area (Å²) in [5.41, 5.74) is -0.184. The molecule has 0 saturated heterocycles. The van der Waals surface area contributed by atoms with Gasteiger partial charge in [0.05, 0.1) is 15.1 Å². The molecule has 0 saturated carbocycles. The normalized spacial score (nSPS) is 12.1. The van der Waals surface area contributed by atoms with E-state index in [1.807, 2.05) is 20.8 Å². The van der Waals surface area contributed by atoms with E-state index in [4.69, 9.17) is 39.5 Å². The maximum absolute atomic E-state index is 11.8. The van der Waals surface area contributed by atoms with Crippen molar-refractivity contribution in [3.8, 4) is 0 Å². The van der Waals surface area contributed by atoms with Crippen LogP contribution in [0.1, 0.15) is 31.3 Å². The number of pyridine rings is 1. The Bertz CT molecular complexity index is 550. The van der Waals surface area contributed by atoms with Crippen LogP contribution in [0.25, 0.3) is 0 Å². The highest BCUT2D eigenvalue weighted by atomic mass is 35.5. The van der Waals surface area contributed by atoms with Crippen LogP contribution >= 0.6 is 34.8 Å². The fourth-order valence-corrected chi connectivity index (χ4v) is 1.81. The Morgan fingerprint density at radius 3 is 2.43 bits per heavy atom. The second-order valence-corrected chi connectivity index (χ2v) is 5.92. The van der Waals surface area contributed by atoms with E-state index >= 15 is 0 Å². The Morgan fingerprint density at radius 1 is 1.24 bits per heavy atom. The molecule has 1 amide bonds. The Balaban J connectivity index is 2.63. The Kier molecular flexibility index (Phi) is 6.71. The number of ether oxygens (including phenoxy) is 1. The van der Waals surface area contributed by atoms with Crippen LogP contribution < -0.4 is 5.32 Å². The summed E-state index contributed by atoms with van der Waals surface area (Å²) in [6, 6.07) is -0.0251. The summed E-state index contributed by atoms with van der Waals surface area (Å²) in [6.07, 6.45) is 1.19. The van der Waals surface area contributed by atoms with Crippen LogP contribution in [0.3, 0.4) is 0 Å². The van der Waals surface area contributed by atoms with Gasteiger partial charge >= 0.3 is 5.97 Å². The number of hydrogen-bond donors (Lipinski definition) is 1. The standard InChI is InChI=1S/C13H15Cl3N2O3/c1-6(2)7(3)18-9(19)5-21-13(20)12-11(16)10(15)8(14)4-17-12/h4,6-7H,5H2,1-3H3,(H,18,19)/t7-/m0/s1. The molecule has 5 nitrogen and oxygen atoms in total. The highest BCUT2D eigenvalue weighted by Gasteiger charge is 2.20. The molecule has 0 radical (unpaired) electrons. The molecule has 0 spiro atoms. The van der Waals surface area contributed by atoms with Crippen molar-refractivity contribution in [3.05, 3.63) is 27.0 Å². The summed E-state index contributed by atoms with van der Waals surface area (Å²) in [5.74, 6) is -0.970. The first-order chi connectivity index (χ1) is 9.73.